The number of β-lactam (4-membered cyclic amide) rings is 1. The average molecular weight is 854 g/mol. The molecule has 0 bridgehead atoms. The van der Waals surface area contributed by atoms with E-state index < -0.39 is 33.8 Å². The predicted octanol–water partition coefficient (Wildman–Crippen LogP) is 8.98. The number of aromatic nitrogens is 1. The number of hydrogen-bond acceptors (Lipinski definition) is 9. The van der Waals surface area contributed by atoms with Gasteiger partial charge in [-0.05, 0) is 22.8 Å². The van der Waals surface area contributed by atoms with E-state index in [-0.39, 0.29) is 29.4 Å². The molecule has 7 aromatic rings. The molecule has 0 spiro atoms. The minimum absolute atomic E-state index is 0.135. The van der Waals surface area contributed by atoms with Crippen LogP contribution in [0.15, 0.2) is 204 Å². The van der Waals surface area contributed by atoms with Crippen LogP contribution >= 0.6 is 23.1 Å². The first-order chi connectivity index (χ1) is 30.4. The average Bonchev–Trinajstić information content (AvgIpc) is 3.78. The molecule has 0 radical (unpaired) electrons. The molecule has 2 amide bonds. The third-order valence-electron chi connectivity index (χ3n) is 11.0. The van der Waals surface area contributed by atoms with E-state index in [2.05, 4.69) is 47.0 Å². The normalized spacial score (nSPS) is 16.3. The largest absolute Gasteiger partial charge is 0.477 e. The summed E-state index contributed by atoms with van der Waals surface area (Å²) in [6.45, 7) is 0. The van der Waals surface area contributed by atoms with Crippen molar-refractivity contribution in [1.82, 2.24) is 15.2 Å². The summed E-state index contributed by atoms with van der Waals surface area (Å²) in [5.41, 5.74) is 2.92. The van der Waals surface area contributed by atoms with Crippen molar-refractivity contribution in [2.75, 3.05) is 5.32 Å². The van der Waals surface area contributed by atoms with E-state index >= 15 is 0 Å². The maximum Gasteiger partial charge on any atom is 0.352 e. The van der Waals surface area contributed by atoms with Gasteiger partial charge in [-0.3, -0.25) is 14.5 Å². The van der Waals surface area contributed by atoms with Gasteiger partial charge in [-0.1, -0.05) is 187 Å². The van der Waals surface area contributed by atoms with Gasteiger partial charge in [0.05, 0.1) is 17.2 Å². The van der Waals surface area contributed by atoms with Crippen LogP contribution < -0.4 is 10.6 Å². The van der Waals surface area contributed by atoms with Gasteiger partial charge in [-0.25, -0.2) is 9.78 Å². The van der Waals surface area contributed by atoms with E-state index in [1.807, 2.05) is 146 Å². The number of rotatable bonds is 14. The van der Waals surface area contributed by atoms with Gasteiger partial charge in [0.2, 0.25) is 11.5 Å². The number of aliphatic carboxylic acids is 1. The van der Waals surface area contributed by atoms with E-state index in [0.29, 0.717) is 5.13 Å². The second kappa shape index (κ2) is 17.4. The highest BCUT2D eigenvalue weighted by Gasteiger charge is 2.46. The highest BCUT2D eigenvalue weighted by molar-refractivity contribution is 8.00. The topological polar surface area (TPSA) is 133 Å². The first-order valence-electron chi connectivity index (χ1n) is 19.9. The molecular formula is C50H39N5O5S2. The molecule has 2 aliphatic rings. The second-order valence-corrected chi connectivity index (χ2v) is 16.8. The molecule has 1 unspecified atom stereocenters. The first kappa shape index (κ1) is 40.1. The summed E-state index contributed by atoms with van der Waals surface area (Å²) in [6.07, 6.45) is 1.54. The maximum absolute atomic E-state index is 14.8. The Morgan fingerprint density at radius 3 is 1.53 bits per heavy atom. The molecule has 1 aromatic heterocycles. The number of anilines is 1. The summed E-state index contributed by atoms with van der Waals surface area (Å²) >= 11 is 2.59. The number of benzene rings is 6. The van der Waals surface area contributed by atoms with Gasteiger partial charge in [0, 0.05) is 22.1 Å². The molecule has 3 heterocycles. The van der Waals surface area contributed by atoms with Crippen LogP contribution in [-0.4, -0.2) is 49.2 Å². The Balaban J connectivity index is 1.18. The van der Waals surface area contributed by atoms with Crippen LogP contribution in [0.1, 0.15) is 45.5 Å². The molecule has 9 rings (SSSR count). The van der Waals surface area contributed by atoms with Crippen molar-refractivity contribution in [3.8, 4) is 0 Å². The number of carbonyl (C=O) groups excluding carboxylic acids is 2. The molecule has 3 N–H and O–H groups in total. The quantitative estimate of drug-likeness (QED) is 0.0428. The molecule has 12 heteroatoms. The summed E-state index contributed by atoms with van der Waals surface area (Å²) in [5.74, 6) is -2.19. The number of oxime groups is 1. The molecule has 62 heavy (non-hydrogen) atoms. The first-order valence-corrected chi connectivity index (χ1v) is 21.8. The molecule has 6 aromatic carbocycles. The number of amides is 2. The number of hydrogen-bond donors (Lipinski definition) is 3. The summed E-state index contributed by atoms with van der Waals surface area (Å²) in [5, 5.41) is 22.6. The summed E-state index contributed by atoms with van der Waals surface area (Å²) in [7, 11) is 0. The molecule has 0 aliphatic carbocycles. The highest BCUT2D eigenvalue weighted by atomic mass is 32.2. The van der Waals surface area contributed by atoms with E-state index in [1.165, 1.54) is 34.1 Å². The van der Waals surface area contributed by atoms with Crippen molar-refractivity contribution in [1.29, 1.82) is 0 Å². The summed E-state index contributed by atoms with van der Waals surface area (Å²) in [6, 6.07) is 59.5. The molecule has 2 atom stereocenters. The standard InChI is InChI=1S/C50H39N5O5S2/c56-43-32-44-55(43)41(47(58)59)31-42(62-44)52-46(57)45(54-60-50(37-25-13-4-14-26-37,38-27-15-5-16-28-38)39-29-17-6-18-30-39)40-33-61-48(51-40)53-49(34-19-7-1-8-20-34,35-21-9-2-10-22-35)36-23-11-3-12-24-36/h1-31,33,42,44H,32H2,(H,51,53)(H,52,57)(H,58,59)/b54-45-/t42?,44-/m1/s1. The third kappa shape index (κ3) is 7.54. The molecular weight excluding hydrogens is 815 g/mol. The number of nitrogens with zero attached hydrogens (tertiary/aromatic N) is 3. The highest BCUT2D eigenvalue weighted by Crippen LogP contribution is 2.43. The Hall–Kier alpha value is -7.28. The number of thiazole rings is 1. The van der Waals surface area contributed by atoms with Crippen molar-refractivity contribution in [3.63, 3.8) is 0 Å². The number of carboxylic acid groups (broad SMARTS) is 1. The van der Waals surface area contributed by atoms with Crippen LogP contribution in [0.3, 0.4) is 0 Å². The van der Waals surface area contributed by atoms with Crippen molar-refractivity contribution < 1.29 is 24.3 Å². The van der Waals surface area contributed by atoms with Crippen molar-refractivity contribution in [2.24, 2.45) is 5.16 Å². The zero-order chi connectivity index (χ0) is 42.5. The van der Waals surface area contributed by atoms with Crippen LogP contribution in [0.2, 0.25) is 0 Å². The van der Waals surface area contributed by atoms with Gasteiger partial charge in [0.15, 0.2) is 10.8 Å². The van der Waals surface area contributed by atoms with Gasteiger partial charge < -0.3 is 20.6 Å². The second-order valence-electron chi connectivity index (χ2n) is 14.6. The summed E-state index contributed by atoms with van der Waals surface area (Å²) in [4.78, 5) is 52.6. The van der Waals surface area contributed by atoms with Gasteiger partial charge in [0.25, 0.3) is 5.91 Å². The molecule has 10 nitrogen and oxygen atoms in total. The fourth-order valence-corrected chi connectivity index (χ4v) is 10.1. The zero-order valence-electron chi connectivity index (χ0n) is 33.1. The number of carboxylic acids is 1. The number of nitrogens with one attached hydrogen (secondary N) is 2. The lowest BCUT2D eigenvalue weighted by molar-refractivity contribution is -0.146. The Morgan fingerprint density at radius 2 is 1.11 bits per heavy atom. The van der Waals surface area contributed by atoms with Gasteiger partial charge in [0.1, 0.15) is 16.9 Å². The van der Waals surface area contributed by atoms with E-state index in [1.54, 1.807) is 5.38 Å². The van der Waals surface area contributed by atoms with E-state index in [9.17, 15) is 19.5 Å². The Kier molecular flexibility index (Phi) is 11.2. The molecule has 1 saturated heterocycles. The maximum atomic E-state index is 14.8. The van der Waals surface area contributed by atoms with Crippen LogP contribution in [0.25, 0.3) is 0 Å². The van der Waals surface area contributed by atoms with Gasteiger partial charge in [-0.2, -0.15) is 0 Å². The predicted molar refractivity (Wildman–Crippen MR) is 242 cm³/mol. The lowest BCUT2D eigenvalue weighted by Crippen LogP contribution is -2.56. The fourth-order valence-electron chi connectivity index (χ4n) is 8.04. The molecule has 1 fully saturated rings. The summed E-state index contributed by atoms with van der Waals surface area (Å²) < 4.78 is 0. The monoisotopic (exact) mass is 853 g/mol. The number of carbonyl (C=O) groups is 3. The Labute approximate surface area is 366 Å². The van der Waals surface area contributed by atoms with Crippen molar-refractivity contribution in [3.05, 3.63) is 238 Å². The minimum atomic E-state index is -1.32. The lowest BCUT2D eigenvalue weighted by atomic mass is 9.77. The van der Waals surface area contributed by atoms with Gasteiger partial charge in [-0.15, -0.1) is 23.1 Å². The van der Waals surface area contributed by atoms with Gasteiger partial charge >= 0.3 is 5.97 Å². The number of thioether (sulfide) groups is 1. The smallest absolute Gasteiger partial charge is 0.352 e. The van der Waals surface area contributed by atoms with Crippen LogP contribution in [0, 0.1) is 0 Å². The molecule has 0 saturated carbocycles. The van der Waals surface area contributed by atoms with Crippen LogP contribution in [-0.2, 0) is 30.4 Å². The Morgan fingerprint density at radius 1 is 0.677 bits per heavy atom. The van der Waals surface area contributed by atoms with E-state index in [4.69, 9.17) is 15.0 Å². The fraction of sp³-hybridized carbons (Fsp3) is 0.100. The van der Waals surface area contributed by atoms with Crippen molar-refractivity contribution >= 4 is 51.7 Å². The molecule has 2 aliphatic heterocycles. The Bertz CT molecular complexity index is 2560. The lowest BCUT2D eigenvalue weighted by Gasteiger charge is -2.44. The SMILES string of the molecule is O=C(O)C1=CC(NC(=O)/C(=N\OC(c2ccccc2)(c2ccccc2)c2ccccc2)c2csc(NC(c3ccccc3)(c3ccccc3)c3ccccc3)n2)S[C@@H]2CC(=O)N12. The third-order valence-corrected chi connectivity index (χ3v) is 13.0. The zero-order valence-corrected chi connectivity index (χ0v) is 34.7. The molecule has 306 valence electrons. The van der Waals surface area contributed by atoms with E-state index in [0.717, 1.165) is 33.4 Å². The van der Waals surface area contributed by atoms with Crippen LogP contribution in [0.5, 0.6) is 0 Å². The van der Waals surface area contributed by atoms with Crippen molar-refractivity contribution in [2.45, 2.75) is 28.3 Å². The number of fused-ring (bicyclic) bond motifs is 1. The van der Waals surface area contributed by atoms with Crippen LogP contribution in [0.4, 0.5) is 5.13 Å². The minimum Gasteiger partial charge on any atom is -0.477 e.